The van der Waals surface area contributed by atoms with E-state index in [4.69, 9.17) is 16.3 Å². The largest absolute Gasteiger partial charge is 0.490 e. The molecule has 24 heavy (non-hydrogen) atoms. The third-order valence-electron chi connectivity index (χ3n) is 4.57. The fourth-order valence-electron chi connectivity index (χ4n) is 3.13. The first-order valence-electron chi connectivity index (χ1n) is 9.43. The van der Waals surface area contributed by atoms with Crippen LogP contribution in [0, 0.1) is 11.8 Å². The molecule has 2 unspecified atom stereocenters. The Labute approximate surface area is 152 Å². The van der Waals surface area contributed by atoms with Gasteiger partial charge in [-0.25, -0.2) is 0 Å². The van der Waals surface area contributed by atoms with Gasteiger partial charge in [0.2, 0.25) is 0 Å². The SMILES string of the molecule is CCCCC(CC)CCC(CC(C)C)Oc1ccccc1C(=O)Cl. The Hall–Kier alpha value is -1.02. The van der Waals surface area contributed by atoms with Gasteiger partial charge in [-0.15, -0.1) is 0 Å². The molecule has 0 aliphatic carbocycles. The Kier molecular flexibility index (Phi) is 10.1. The average molecular weight is 353 g/mol. The Morgan fingerprint density at radius 1 is 1.12 bits per heavy atom. The summed E-state index contributed by atoms with van der Waals surface area (Å²) in [5.41, 5.74) is 0.464. The van der Waals surface area contributed by atoms with Gasteiger partial charge < -0.3 is 4.74 Å². The van der Waals surface area contributed by atoms with Crippen LogP contribution in [0.15, 0.2) is 24.3 Å². The predicted molar refractivity (Wildman–Crippen MR) is 103 cm³/mol. The third-order valence-corrected chi connectivity index (χ3v) is 4.77. The number of ether oxygens (including phenoxy) is 1. The summed E-state index contributed by atoms with van der Waals surface area (Å²) in [4.78, 5) is 11.6. The molecule has 3 heteroatoms. The molecule has 0 heterocycles. The van der Waals surface area contributed by atoms with Gasteiger partial charge in [-0.1, -0.05) is 65.5 Å². The van der Waals surface area contributed by atoms with E-state index < -0.39 is 5.24 Å². The minimum atomic E-state index is -0.455. The molecule has 1 aromatic rings. The van der Waals surface area contributed by atoms with Gasteiger partial charge in [0.15, 0.2) is 0 Å². The van der Waals surface area contributed by atoms with Crippen molar-refractivity contribution in [3.8, 4) is 5.75 Å². The quantitative estimate of drug-likeness (QED) is 0.384. The second-order valence-corrected chi connectivity index (χ2v) is 7.48. The van der Waals surface area contributed by atoms with Gasteiger partial charge >= 0.3 is 0 Å². The maximum atomic E-state index is 11.6. The molecule has 2 atom stereocenters. The highest BCUT2D eigenvalue weighted by Gasteiger charge is 2.18. The normalized spacial score (nSPS) is 13.8. The Bertz CT molecular complexity index is 484. The summed E-state index contributed by atoms with van der Waals surface area (Å²) in [5.74, 6) is 1.95. The summed E-state index contributed by atoms with van der Waals surface area (Å²) in [7, 11) is 0. The second-order valence-electron chi connectivity index (χ2n) is 7.13. The molecule has 0 amide bonds. The van der Waals surface area contributed by atoms with Crippen LogP contribution >= 0.6 is 11.6 Å². The van der Waals surface area contributed by atoms with Crippen molar-refractivity contribution >= 4 is 16.8 Å². The van der Waals surface area contributed by atoms with Crippen LogP contribution in [0.3, 0.4) is 0 Å². The molecule has 136 valence electrons. The van der Waals surface area contributed by atoms with Crippen LogP contribution in [0.2, 0.25) is 0 Å². The van der Waals surface area contributed by atoms with Gasteiger partial charge in [0.25, 0.3) is 5.24 Å². The lowest BCUT2D eigenvalue weighted by atomic mass is 9.91. The molecule has 0 bridgehead atoms. The van der Waals surface area contributed by atoms with Gasteiger partial charge in [0.1, 0.15) is 5.75 Å². The summed E-state index contributed by atoms with van der Waals surface area (Å²) >= 11 is 5.69. The van der Waals surface area contributed by atoms with Crippen LogP contribution in [0.25, 0.3) is 0 Å². The monoisotopic (exact) mass is 352 g/mol. The Morgan fingerprint density at radius 3 is 2.42 bits per heavy atom. The number of halogens is 1. The average Bonchev–Trinajstić information content (AvgIpc) is 2.54. The molecule has 1 rings (SSSR count). The summed E-state index contributed by atoms with van der Waals surface area (Å²) in [6, 6.07) is 7.28. The fraction of sp³-hybridized carbons (Fsp3) is 0.667. The third kappa shape index (κ3) is 7.70. The molecule has 0 saturated carbocycles. The van der Waals surface area contributed by atoms with Crippen molar-refractivity contribution in [1.82, 2.24) is 0 Å². The molecule has 0 N–H and O–H groups in total. The minimum absolute atomic E-state index is 0.137. The van der Waals surface area contributed by atoms with Gasteiger partial charge in [0, 0.05) is 0 Å². The molecule has 0 radical (unpaired) electrons. The van der Waals surface area contributed by atoms with E-state index in [2.05, 4.69) is 27.7 Å². The summed E-state index contributed by atoms with van der Waals surface area (Å²) < 4.78 is 6.21. The molecule has 1 aromatic carbocycles. The number of benzene rings is 1. The van der Waals surface area contributed by atoms with Gasteiger partial charge in [0.05, 0.1) is 11.7 Å². The van der Waals surface area contributed by atoms with Crippen molar-refractivity contribution in [1.29, 1.82) is 0 Å². The maximum Gasteiger partial charge on any atom is 0.256 e. The van der Waals surface area contributed by atoms with Gasteiger partial charge in [-0.05, 0) is 54.8 Å². The van der Waals surface area contributed by atoms with Crippen molar-refractivity contribution in [2.75, 3.05) is 0 Å². The van der Waals surface area contributed by atoms with Crippen molar-refractivity contribution < 1.29 is 9.53 Å². The lowest BCUT2D eigenvalue weighted by molar-refractivity contribution is 0.106. The number of carbonyl (C=O) groups is 1. The number of hydrogen-bond donors (Lipinski definition) is 0. The molecule has 0 aromatic heterocycles. The standard InChI is InChI=1S/C21H33ClO2/c1-5-7-10-17(6-2)13-14-18(15-16(3)4)24-20-12-9-8-11-19(20)21(22)23/h8-9,11-12,16-18H,5-7,10,13-15H2,1-4H3. The second kappa shape index (κ2) is 11.5. The minimum Gasteiger partial charge on any atom is -0.490 e. The van der Waals surface area contributed by atoms with E-state index in [1.165, 1.54) is 32.1 Å². The molecule has 0 fully saturated rings. The fourth-order valence-corrected chi connectivity index (χ4v) is 3.29. The van der Waals surface area contributed by atoms with Crippen LogP contribution in [-0.2, 0) is 0 Å². The zero-order valence-electron chi connectivity index (χ0n) is 15.7. The number of hydrogen-bond acceptors (Lipinski definition) is 2. The van der Waals surface area contributed by atoms with E-state index in [9.17, 15) is 4.79 Å². The summed E-state index contributed by atoms with van der Waals surface area (Å²) in [6.45, 7) is 8.95. The molecule has 0 saturated heterocycles. The highest BCUT2D eigenvalue weighted by molar-refractivity contribution is 6.68. The van der Waals surface area contributed by atoms with Crippen molar-refractivity contribution in [2.45, 2.75) is 78.7 Å². The van der Waals surface area contributed by atoms with Crippen LogP contribution in [0.5, 0.6) is 5.75 Å². The summed E-state index contributed by atoms with van der Waals surface area (Å²) in [5, 5.41) is -0.455. The van der Waals surface area contributed by atoms with Crippen LogP contribution in [-0.4, -0.2) is 11.3 Å². The van der Waals surface area contributed by atoms with E-state index in [-0.39, 0.29) is 6.10 Å². The van der Waals surface area contributed by atoms with E-state index in [0.29, 0.717) is 17.2 Å². The number of rotatable bonds is 12. The van der Waals surface area contributed by atoms with Crippen LogP contribution < -0.4 is 4.74 Å². The lowest BCUT2D eigenvalue weighted by Crippen LogP contribution is -2.21. The molecule has 2 nitrogen and oxygen atoms in total. The molecular weight excluding hydrogens is 320 g/mol. The molecule has 0 spiro atoms. The predicted octanol–water partition coefficient (Wildman–Crippen LogP) is 6.86. The van der Waals surface area contributed by atoms with Crippen molar-refractivity contribution in [3.05, 3.63) is 29.8 Å². The van der Waals surface area contributed by atoms with E-state index in [1.54, 1.807) is 6.07 Å². The highest BCUT2D eigenvalue weighted by atomic mass is 35.5. The first-order chi connectivity index (χ1) is 11.5. The maximum absolute atomic E-state index is 11.6. The van der Waals surface area contributed by atoms with Crippen molar-refractivity contribution in [3.63, 3.8) is 0 Å². The lowest BCUT2D eigenvalue weighted by Gasteiger charge is -2.24. The van der Waals surface area contributed by atoms with E-state index in [0.717, 1.165) is 18.8 Å². The zero-order chi connectivity index (χ0) is 17.9. The van der Waals surface area contributed by atoms with E-state index >= 15 is 0 Å². The first kappa shape index (κ1) is 21.0. The van der Waals surface area contributed by atoms with Crippen LogP contribution in [0.4, 0.5) is 0 Å². The van der Waals surface area contributed by atoms with E-state index in [1.807, 2.05) is 18.2 Å². The molecule has 0 aliphatic rings. The topological polar surface area (TPSA) is 26.3 Å². The van der Waals surface area contributed by atoms with Gasteiger partial charge in [-0.2, -0.15) is 0 Å². The number of carbonyl (C=O) groups excluding carboxylic acids is 1. The Balaban J connectivity index is 2.73. The molecule has 0 aliphatic heterocycles. The van der Waals surface area contributed by atoms with Gasteiger partial charge in [-0.3, -0.25) is 4.79 Å². The highest BCUT2D eigenvalue weighted by Crippen LogP contribution is 2.27. The Morgan fingerprint density at radius 2 is 1.83 bits per heavy atom. The smallest absolute Gasteiger partial charge is 0.256 e. The van der Waals surface area contributed by atoms with Crippen molar-refractivity contribution in [2.24, 2.45) is 11.8 Å². The number of para-hydroxylation sites is 1. The van der Waals surface area contributed by atoms with Crippen LogP contribution in [0.1, 0.15) is 83.0 Å². The molecular formula is C21H33ClO2. The number of unbranched alkanes of at least 4 members (excludes halogenated alkanes) is 1. The first-order valence-corrected chi connectivity index (χ1v) is 9.81. The summed E-state index contributed by atoms with van der Waals surface area (Å²) in [6.07, 6.45) is 8.44. The zero-order valence-corrected chi connectivity index (χ0v) is 16.4.